The highest BCUT2D eigenvalue weighted by Crippen LogP contribution is 2.19. The van der Waals surface area contributed by atoms with Crippen LogP contribution >= 0.6 is 0 Å². The molecular weight excluding hydrogens is 378 g/mol. The Bertz CT molecular complexity index is 1220. The van der Waals surface area contributed by atoms with E-state index in [1.807, 2.05) is 24.3 Å². The summed E-state index contributed by atoms with van der Waals surface area (Å²) in [7, 11) is 1.61. The Morgan fingerprint density at radius 1 is 0.933 bits per heavy atom. The first-order valence-electron chi connectivity index (χ1n) is 9.38. The average molecular weight is 397 g/mol. The van der Waals surface area contributed by atoms with E-state index in [1.54, 1.807) is 56.1 Å². The largest absolute Gasteiger partial charge is 0.348 e. The van der Waals surface area contributed by atoms with Crippen molar-refractivity contribution >= 4 is 11.7 Å². The predicted octanol–water partition coefficient (Wildman–Crippen LogP) is 3.20. The molecule has 4 rings (SSSR count). The van der Waals surface area contributed by atoms with Gasteiger partial charge in [-0.25, -0.2) is 4.98 Å². The van der Waals surface area contributed by atoms with E-state index in [4.69, 9.17) is 0 Å². The summed E-state index contributed by atoms with van der Waals surface area (Å²) in [5.41, 5.74) is 3.64. The number of nitrogens with zero attached hydrogens (tertiary/aromatic N) is 4. The van der Waals surface area contributed by atoms with E-state index in [-0.39, 0.29) is 17.9 Å². The molecule has 0 radical (unpaired) electrons. The molecule has 3 heterocycles. The van der Waals surface area contributed by atoms with Crippen LogP contribution in [0.3, 0.4) is 0 Å². The van der Waals surface area contributed by atoms with Crippen LogP contribution in [0.4, 0.5) is 5.95 Å². The van der Waals surface area contributed by atoms with E-state index in [0.717, 1.165) is 16.7 Å². The Balaban J connectivity index is 1.50. The zero-order valence-corrected chi connectivity index (χ0v) is 16.3. The van der Waals surface area contributed by atoms with E-state index < -0.39 is 0 Å². The number of hydrogen-bond acceptors (Lipinski definition) is 6. The van der Waals surface area contributed by atoms with Crippen molar-refractivity contribution in [2.45, 2.75) is 0 Å². The van der Waals surface area contributed by atoms with Crippen LogP contribution in [0.5, 0.6) is 0 Å². The number of ketones is 1. The van der Waals surface area contributed by atoms with Crippen molar-refractivity contribution in [3.05, 3.63) is 95.3 Å². The second kappa shape index (κ2) is 8.48. The minimum absolute atomic E-state index is 0.0202. The second-order valence-corrected chi connectivity index (χ2v) is 6.69. The Kier molecular flexibility index (Phi) is 5.43. The molecule has 0 saturated carbocycles. The van der Waals surface area contributed by atoms with Gasteiger partial charge < -0.3 is 5.32 Å². The van der Waals surface area contributed by atoms with E-state index in [9.17, 15) is 9.59 Å². The normalized spacial score (nSPS) is 10.6. The lowest BCUT2D eigenvalue weighted by Gasteiger charge is -2.11. The number of hydrogen-bond donors (Lipinski definition) is 1. The third-order valence-electron chi connectivity index (χ3n) is 4.72. The molecule has 1 aromatic carbocycles. The first-order chi connectivity index (χ1) is 14.6. The van der Waals surface area contributed by atoms with Crippen LogP contribution in [0.1, 0.15) is 10.4 Å². The minimum Gasteiger partial charge on any atom is -0.348 e. The van der Waals surface area contributed by atoms with Crippen molar-refractivity contribution in [1.29, 1.82) is 0 Å². The van der Waals surface area contributed by atoms with Crippen LogP contribution < -0.4 is 10.9 Å². The molecule has 0 unspecified atom stereocenters. The molecule has 0 spiro atoms. The van der Waals surface area contributed by atoms with Crippen molar-refractivity contribution in [3.8, 4) is 22.4 Å². The third-order valence-corrected chi connectivity index (χ3v) is 4.72. The fourth-order valence-electron chi connectivity index (χ4n) is 3.01. The van der Waals surface area contributed by atoms with Crippen molar-refractivity contribution in [2.75, 3.05) is 11.9 Å². The molecule has 0 saturated heterocycles. The summed E-state index contributed by atoms with van der Waals surface area (Å²) in [6.07, 6.45) is 6.78. The van der Waals surface area contributed by atoms with Crippen LogP contribution in [0, 0.1) is 0 Å². The summed E-state index contributed by atoms with van der Waals surface area (Å²) < 4.78 is 1.38. The average Bonchev–Trinajstić information content (AvgIpc) is 2.81. The lowest BCUT2D eigenvalue weighted by atomic mass is 10.0. The van der Waals surface area contributed by atoms with Gasteiger partial charge >= 0.3 is 0 Å². The standard InChI is InChI=1S/C23H19N5O2/c1-28-22(30)13-20(17-8-11-24-12-9-17)27-23(28)26-15-21(29)18-6-4-16(5-7-18)19-3-2-10-25-14-19/h2-14H,15H2,1H3,(H,26,27). The van der Waals surface area contributed by atoms with Gasteiger partial charge in [-0.2, -0.15) is 0 Å². The van der Waals surface area contributed by atoms with Gasteiger partial charge in [0, 0.05) is 49.0 Å². The molecule has 4 aromatic rings. The van der Waals surface area contributed by atoms with Crippen LogP contribution in [-0.2, 0) is 7.05 Å². The third kappa shape index (κ3) is 4.15. The maximum atomic E-state index is 12.6. The van der Waals surface area contributed by atoms with Crippen LogP contribution in [0.15, 0.2) is 84.2 Å². The molecule has 30 heavy (non-hydrogen) atoms. The maximum Gasteiger partial charge on any atom is 0.255 e. The molecule has 0 fully saturated rings. The maximum absolute atomic E-state index is 12.6. The number of benzene rings is 1. The number of carbonyl (C=O) groups excluding carboxylic acids is 1. The molecule has 0 aliphatic heterocycles. The quantitative estimate of drug-likeness (QED) is 0.503. The monoisotopic (exact) mass is 397 g/mol. The topological polar surface area (TPSA) is 89.8 Å². The van der Waals surface area contributed by atoms with Crippen LogP contribution in [0.2, 0.25) is 0 Å². The molecule has 7 nitrogen and oxygen atoms in total. The van der Waals surface area contributed by atoms with E-state index in [1.165, 1.54) is 10.6 Å². The second-order valence-electron chi connectivity index (χ2n) is 6.69. The van der Waals surface area contributed by atoms with E-state index >= 15 is 0 Å². The Hall–Kier alpha value is -4.13. The smallest absolute Gasteiger partial charge is 0.255 e. The summed E-state index contributed by atoms with van der Waals surface area (Å²) in [6, 6.07) is 16.2. The Labute approximate surface area is 173 Å². The van der Waals surface area contributed by atoms with Crippen molar-refractivity contribution in [2.24, 2.45) is 7.05 Å². The van der Waals surface area contributed by atoms with Crippen molar-refractivity contribution < 1.29 is 4.79 Å². The molecule has 0 amide bonds. The molecule has 3 aromatic heterocycles. The van der Waals surface area contributed by atoms with Gasteiger partial charge in [0.05, 0.1) is 12.2 Å². The summed E-state index contributed by atoms with van der Waals surface area (Å²) >= 11 is 0. The molecular formula is C23H19N5O2. The summed E-state index contributed by atoms with van der Waals surface area (Å²) in [5.74, 6) is 0.228. The molecule has 148 valence electrons. The van der Waals surface area contributed by atoms with Gasteiger partial charge in [-0.3, -0.25) is 24.1 Å². The Morgan fingerprint density at radius 2 is 1.70 bits per heavy atom. The van der Waals surface area contributed by atoms with Crippen molar-refractivity contribution in [3.63, 3.8) is 0 Å². The van der Waals surface area contributed by atoms with Crippen molar-refractivity contribution in [1.82, 2.24) is 19.5 Å². The fraction of sp³-hybridized carbons (Fsp3) is 0.0870. The molecule has 0 bridgehead atoms. The van der Waals surface area contributed by atoms with E-state index in [2.05, 4.69) is 20.3 Å². The minimum atomic E-state index is -0.215. The fourth-order valence-corrected chi connectivity index (χ4v) is 3.01. The predicted molar refractivity (Wildman–Crippen MR) is 115 cm³/mol. The zero-order chi connectivity index (χ0) is 20.9. The van der Waals surface area contributed by atoms with Gasteiger partial charge in [-0.15, -0.1) is 0 Å². The number of aromatic nitrogens is 4. The van der Waals surface area contributed by atoms with Crippen LogP contribution in [-0.4, -0.2) is 31.8 Å². The molecule has 1 N–H and O–H groups in total. The lowest BCUT2D eigenvalue weighted by molar-refractivity contribution is 0.101. The van der Waals surface area contributed by atoms with Gasteiger partial charge in [0.1, 0.15) is 0 Å². The van der Waals surface area contributed by atoms with Gasteiger partial charge in [0.25, 0.3) is 5.56 Å². The SMILES string of the molecule is Cn1c(NCC(=O)c2ccc(-c3cccnc3)cc2)nc(-c2ccncc2)cc1=O. The van der Waals surface area contributed by atoms with Gasteiger partial charge in [0.15, 0.2) is 5.78 Å². The lowest BCUT2D eigenvalue weighted by Crippen LogP contribution is -2.24. The molecule has 7 heteroatoms. The molecule has 0 aliphatic carbocycles. The molecule has 0 atom stereocenters. The van der Waals surface area contributed by atoms with Gasteiger partial charge in [-0.05, 0) is 29.3 Å². The number of nitrogens with one attached hydrogen (secondary N) is 1. The highest BCUT2D eigenvalue weighted by Gasteiger charge is 2.11. The number of rotatable bonds is 6. The van der Waals surface area contributed by atoms with Gasteiger partial charge in [0.2, 0.25) is 5.95 Å². The number of carbonyl (C=O) groups is 1. The molecule has 0 aliphatic rings. The number of Topliss-reactive ketones (excluding diaryl/α,β-unsaturated/α-hetero) is 1. The van der Waals surface area contributed by atoms with Crippen LogP contribution in [0.25, 0.3) is 22.4 Å². The van der Waals surface area contributed by atoms with E-state index in [0.29, 0.717) is 17.2 Å². The highest BCUT2D eigenvalue weighted by molar-refractivity contribution is 5.99. The first-order valence-corrected chi connectivity index (χ1v) is 9.38. The first kappa shape index (κ1) is 19.2. The van der Waals surface area contributed by atoms with Gasteiger partial charge in [-0.1, -0.05) is 30.3 Å². The summed E-state index contributed by atoms with van der Waals surface area (Å²) in [5, 5.41) is 2.99. The summed E-state index contributed by atoms with van der Waals surface area (Å²) in [4.78, 5) is 37.5. The highest BCUT2D eigenvalue weighted by atomic mass is 16.1. The Morgan fingerprint density at radius 3 is 2.40 bits per heavy atom. The number of pyridine rings is 2. The summed E-state index contributed by atoms with van der Waals surface area (Å²) in [6.45, 7) is 0.0202. The number of anilines is 1. The zero-order valence-electron chi connectivity index (χ0n) is 16.3.